The van der Waals surface area contributed by atoms with Crippen molar-refractivity contribution in [2.45, 2.75) is 19.4 Å². The molecule has 0 bridgehead atoms. The van der Waals surface area contributed by atoms with Gasteiger partial charge in [0.15, 0.2) is 0 Å². The van der Waals surface area contributed by atoms with E-state index in [1.807, 2.05) is 12.1 Å². The predicted octanol–water partition coefficient (Wildman–Crippen LogP) is 1.50. The highest BCUT2D eigenvalue weighted by Gasteiger charge is 2.34. The number of hydrazine groups is 1. The molecule has 3 N–H and O–H groups in total. The van der Waals surface area contributed by atoms with Crippen LogP contribution in [0, 0.1) is 17.8 Å². The molecule has 1 aromatic rings. The fourth-order valence-electron chi connectivity index (χ4n) is 3.99. The van der Waals surface area contributed by atoms with E-state index in [1.165, 1.54) is 5.56 Å². The summed E-state index contributed by atoms with van der Waals surface area (Å²) in [4.78, 5) is 13.7. The Morgan fingerprint density at radius 3 is 2.75 bits per heavy atom. The van der Waals surface area contributed by atoms with Gasteiger partial charge in [-0.2, -0.15) is 0 Å². The van der Waals surface area contributed by atoms with E-state index < -0.39 is 5.97 Å². The van der Waals surface area contributed by atoms with E-state index in [1.54, 1.807) is 7.11 Å². The highest BCUT2D eigenvalue weighted by molar-refractivity contribution is 5.70. The lowest BCUT2D eigenvalue weighted by atomic mass is 9.88. The Bertz CT molecular complexity index is 563. The topological polar surface area (TPSA) is 73.8 Å². The molecule has 4 unspecified atom stereocenters. The summed E-state index contributed by atoms with van der Waals surface area (Å²) in [5.74, 6) is 0.798. The Kier molecular flexibility index (Phi) is 5.38. The normalized spacial score (nSPS) is 31.1. The van der Waals surface area contributed by atoms with E-state index in [-0.39, 0.29) is 12.0 Å². The monoisotopic (exact) mass is 333 g/mol. The van der Waals surface area contributed by atoms with Crippen molar-refractivity contribution >= 4 is 5.97 Å². The number of piperidine rings is 1. The number of carboxylic acid groups (broad SMARTS) is 1. The van der Waals surface area contributed by atoms with Crippen molar-refractivity contribution in [3.8, 4) is 5.75 Å². The molecule has 0 aliphatic carbocycles. The molecule has 0 saturated carbocycles. The van der Waals surface area contributed by atoms with Gasteiger partial charge in [0.05, 0.1) is 19.1 Å². The Morgan fingerprint density at radius 1 is 1.33 bits per heavy atom. The zero-order chi connectivity index (χ0) is 17.1. The fraction of sp³-hybridized carbons (Fsp3) is 0.611. The smallest absolute Gasteiger partial charge is 0.307 e. The molecule has 2 aliphatic rings. The molecule has 2 heterocycles. The Morgan fingerprint density at radius 2 is 2.08 bits per heavy atom. The number of nitrogens with zero attached hydrogens (tertiary/aromatic N) is 1. The summed E-state index contributed by atoms with van der Waals surface area (Å²) in [6.45, 7) is 5.58. The standard InChI is InChI=1S/C18H27N3O3/c1-12-7-14(18(22)23)10-21(9-12)11-15-8-19-20-17(15)13-3-5-16(24-2)6-4-13/h3-6,12,14-15,17,19-20H,7-11H2,1-2H3,(H,22,23). The first kappa shape index (κ1) is 17.2. The van der Waals surface area contributed by atoms with E-state index in [0.29, 0.717) is 18.4 Å². The molecule has 2 aliphatic heterocycles. The van der Waals surface area contributed by atoms with Crippen LogP contribution in [0.3, 0.4) is 0 Å². The number of aliphatic carboxylic acids is 1. The fourth-order valence-corrected chi connectivity index (χ4v) is 3.99. The van der Waals surface area contributed by atoms with Gasteiger partial charge in [-0.3, -0.25) is 10.2 Å². The molecule has 0 aromatic heterocycles. The van der Waals surface area contributed by atoms with Gasteiger partial charge in [-0.05, 0) is 30.0 Å². The van der Waals surface area contributed by atoms with Crippen molar-refractivity contribution in [2.24, 2.45) is 17.8 Å². The quantitative estimate of drug-likeness (QED) is 0.758. The molecule has 2 saturated heterocycles. The van der Waals surface area contributed by atoms with Gasteiger partial charge >= 0.3 is 5.97 Å². The molecular weight excluding hydrogens is 306 g/mol. The molecule has 1 aromatic carbocycles. The van der Waals surface area contributed by atoms with Gasteiger partial charge in [-0.25, -0.2) is 5.43 Å². The largest absolute Gasteiger partial charge is 0.497 e. The summed E-state index contributed by atoms with van der Waals surface area (Å²) >= 11 is 0. The lowest BCUT2D eigenvalue weighted by molar-refractivity contribution is -0.144. The number of hydrogen-bond acceptors (Lipinski definition) is 5. The highest BCUT2D eigenvalue weighted by atomic mass is 16.5. The number of likely N-dealkylation sites (tertiary alicyclic amines) is 1. The van der Waals surface area contributed by atoms with Crippen LogP contribution < -0.4 is 15.6 Å². The van der Waals surface area contributed by atoms with Crippen molar-refractivity contribution in [1.82, 2.24) is 15.8 Å². The number of hydrogen-bond donors (Lipinski definition) is 3. The maximum Gasteiger partial charge on any atom is 0.307 e. The molecule has 2 fully saturated rings. The van der Waals surface area contributed by atoms with E-state index in [0.717, 1.165) is 31.8 Å². The highest BCUT2D eigenvalue weighted by Crippen LogP contribution is 2.29. The van der Waals surface area contributed by atoms with Gasteiger partial charge in [0.2, 0.25) is 0 Å². The Hall–Kier alpha value is -1.63. The second-order valence-corrected chi connectivity index (χ2v) is 7.13. The van der Waals surface area contributed by atoms with Gasteiger partial charge in [0.1, 0.15) is 5.75 Å². The van der Waals surface area contributed by atoms with Crippen molar-refractivity contribution in [1.29, 1.82) is 0 Å². The minimum absolute atomic E-state index is 0.233. The molecule has 0 amide bonds. The van der Waals surface area contributed by atoms with Crippen LogP contribution >= 0.6 is 0 Å². The number of benzene rings is 1. The first-order chi connectivity index (χ1) is 11.6. The van der Waals surface area contributed by atoms with Gasteiger partial charge in [0, 0.05) is 32.1 Å². The summed E-state index contributed by atoms with van der Waals surface area (Å²) in [5.41, 5.74) is 7.85. The third-order valence-electron chi connectivity index (χ3n) is 5.15. The van der Waals surface area contributed by atoms with Crippen molar-refractivity contribution < 1.29 is 14.6 Å². The Labute approximate surface area is 143 Å². The summed E-state index contributed by atoms with van der Waals surface area (Å²) in [5, 5.41) is 9.35. The second-order valence-electron chi connectivity index (χ2n) is 7.13. The first-order valence-corrected chi connectivity index (χ1v) is 8.64. The average Bonchev–Trinajstić information content (AvgIpc) is 3.02. The minimum atomic E-state index is -0.666. The number of methoxy groups -OCH3 is 1. The number of carbonyl (C=O) groups is 1. The van der Waals surface area contributed by atoms with Gasteiger partial charge in [0.25, 0.3) is 0 Å². The summed E-state index contributed by atoms with van der Waals surface area (Å²) in [7, 11) is 1.67. The van der Waals surface area contributed by atoms with Gasteiger partial charge < -0.3 is 14.7 Å². The lowest BCUT2D eigenvalue weighted by Crippen LogP contribution is -2.45. The number of nitrogens with one attached hydrogen (secondary N) is 2. The van der Waals surface area contributed by atoms with Crippen molar-refractivity contribution in [3.05, 3.63) is 29.8 Å². The van der Waals surface area contributed by atoms with Crippen LogP contribution in [0.5, 0.6) is 5.75 Å². The maximum absolute atomic E-state index is 11.4. The number of ether oxygens (including phenoxy) is 1. The van der Waals surface area contributed by atoms with E-state index >= 15 is 0 Å². The zero-order valence-electron chi connectivity index (χ0n) is 14.4. The molecule has 0 radical (unpaired) electrons. The van der Waals surface area contributed by atoms with Crippen LogP contribution in [0.2, 0.25) is 0 Å². The zero-order valence-corrected chi connectivity index (χ0v) is 14.4. The molecule has 24 heavy (non-hydrogen) atoms. The molecule has 6 heteroatoms. The predicted molar refractivity (Wildman–Crippen MR) is 91.7 cm³/mol. The van der Waals surface area contributed by atoms with Crippen LogP contribution in [0.15, 0.2) is 24.3 Å². The van der Waals surface area contributed by atoms with E-state index in [2.05, 4.69) is 34.8 Å². The SMILES string of the molecule is COc1ccc(C2NNCC2CN2CC(C)CC(C(=O)O)C2)cc1. The third kappa shape index (κ3) is 3.88. The molecule has 132 valence electrons. The van der Waals surface area contributed by atoms with Gasteiger partial charge in [-0.15, -0.1) is 0 Å². The van der Waals surface area contributed by atoms with Crippen molar-refractivity contribution in [2.75, 3.05) is 33.3 Å². The number of rotatable bonds is 5. The minimum Gasteiger partial charge on any atom is -0.497 e. The summed E-state index contributed by atoms with van der Waals surface area (Å²) < 4.78 is 5.23. The average molecular weight is 333 g/mol. The van der Waals surface area contributed by atoms with Crippen LogP contribution in [0.4, 0.5) is 0 Å². The lowest BCUT2D eigenvalue weighted by Gasteiger charge is -2.36. The molecule has 3 rings (SSSR count). The van der Waals surface area contributed by atoms with Crippen molar-refractivity contribution in [3.63, 3.8) is 0 Å². The Balaban J connectivity index is 1.65. The molecule has 6 nitrogen and oxygen atoms in total. The maximum atomic E-state index is 11.4. The number of carboxylic acids is 1. The van der Waals surface area contributed by atoms with Crippen LogP contribution in [0.25, 0.3) is 0 Å². The summed E-state index contributed by atoms with van der Waals surface area (Å²) in [6, 6.07) is 8.38. The van der Waals surface area contributed by atoms with E-state index in [9.17, 15) is 9.90 Å². The van der Waals surface area contributed by atoms with Crippen LogP contribution in [-0.4, -0.2) is 49.3 Å². The first-order valence-electron chi connectivity index (χ1n) is 8.64. The summed E-state index contributed by atoms with van der Waals surface area (Å²) in [6.07, 6.45) is 0.787. The van der Waals surface area contributed by atoms with Crippen LogP contribution in [-0.2, 0) is 4.79 Å². The second kappa shape index (κ2) is 7.51. The molecule has 0 spiro atoms. The molecule has 4 atom stereocenters. The van der Waals surface area contributed by atoms with Crippen LogP contribution in [0.1, 0.15) is 24.9 Å². The van der Waals surface area contributed by atoms with Gasteiger partial charge in [-0.1, -0.05) is 19.1 Å². The third-order valence-corrected chi connectivity index (χ3v) is 5.15. The van der Waals surface area contributed by atoms with E-state index in [4.69, 9.17) is 4.74 Å². The molecular formula is C18H27N3O3.